The van der Waals surface area contributed by atoms with Crippen molar-refractivity contribution in [3.8, 4) is 16.3 Å². The predicted octanol–water partition coefficient (Wildman–Crippen LogP) is 4.93. The summed E-state index contributed by atoms with van der Waals surface area (Å²) in [6.45, 7) is 2.56. The molecular formula is C21H21NO4S. The van der Waals surface area contributed by atoms with Crippen LogP contribution in [0.1, 0.15) is 11.3 Å². The lowest BCUT2D eigenvalue weighted by Crippen LogP contribution is -1.97. The number of carboxylic acids is 1. The molecule has 0 fully saturated rings. The first-order chi connectivity index (χ1) is 13.1. The van der Waals surface area contributed by atoms with E-state index in [1.165, 1.54) is 7.11 Å². The zero-order valence-electron chi connectivity index (χ0n) is 15.2. The number of nitrogens with zero attached hydrogens (tertiary/aromatic N) is 1. The molecule has 0 radical (unpaired) electrons. The van der Waals surface area contributed by atoms with Gasteiger partial charge in [-0.05, 0) is 18.6 Å². The summed E-state index contributed by atoms with van der Waals surface area (Å²) in [4.78, 5) is 14.2. The summed E-state index contributed by atoms with van der Waals surface area (Å²) < 4.78 is 10.1. The van der Waals surface area contributed by atoms with Gasteiger partial charge in [-0.3, -0.25) is 0 Å². The summed E-state index contributed by atoms with van der Waals surface area (Å²) in [5.74, 6) is -0.0800. The molecule has 140 valence electrons. The number of aromatic nitrogens is 1. The Bertz CT molecular complexity index is 875. The Morgan fingerprint density at radius 3 is 2.48 bits per heavy atom. The summed E-state index contributed by atoms with van der Waals surface area (Å²) in [5.41, 5.74) is 3.27. The molecule has 27 heavy (non-hydrogen) atoms. The number of hydrogen-bond donors (Lipinski definition) is 1. The van der Waals surface area contributed by atoms with Crippen molar-refractivity contribution in [3.63, 3.8) is 0 Å². The first-order valence-electron chi connectivity index (χ1n) is 8.20. The molecule has 0 aliphatic carbocycles. The maximum Gasteiger partial charge on any atom is 0.331 e. The van der Waals surface area contributed by atoms with Crippen LogP contribution in [0.2, 0.25) is 0 Å². The van der Waals surface area contributed by atoms with Gasteiger partial charge in [0.1, 0.15) is 17.4 Å². The molecule has 1 aromatic heterocycles. The van der Waals surface area contributed by atoms with Crippen LogP contribution in [0, 0.1) is 6.92 Å². The maximum atomic E-state index is 9.59. The van der Waals surface area contributed by atoms with Crippen molar-refractivity contribution in [2.45, 2.75) is 13.5 Å². The Hall–Kier alpha value is -3.12. The zero-order valence-corrected chi connectivity index (χ0v) is 16.0. The van der Waals surface area contributed by atoms with Crippen LogP contribution in [0.4, 0.5) is 0 Å². The summed E-state index contributed by atoms with van der Waals surface area (Å²) in [5, 5.41) is 11.0. The number of thiazole rings is 1. The zero-order chi connectivity index (χ0) is 19.5. The molecule has 0 atom stereocenters. The molecule has 0 aliphatic rings. The van der Waals surface area contributed by atoms with Gasteiger partial charge in [0, 0.05) is 10.9 Å². The van der Waals surface area contributed by atoms with Crippen LogP contribution in [-0.4, -0.2) is 23.2 Å². The number of methoxy groups -OCH3 is 1. The third kappa shape index (κ3) is 6.95. The van der Waals surface area contributed by atoms with Crippen LogP contribution in [0.25, 0.3) is 10.6 Å². The molecule has 0 bridgehead atoms. The Balaban J connectivity index is 0.000000321. The lowest BCUT2D eigenvalue weighted by molar-refractivity contribution is -0.131. The van der Waals surface area contributed by atoms with Crippen LogP contribution < -0.4 is 4.74 Å². The van der Waals surface area contributed by atoms with E-state index >= 15 is 0 Å². The Morgan fingerprint density at radius 2 is 1.85 bits per heavy atom. The first-order valence-corrected chi connectivity index (χ1v) is 9.08. The van der Waals surface area contributed by atoms with E-state index in [0.29, 0.717) is 6.61 Å². The van der Waals surface area contributed by atoms with Crippen LogP contribution in [-0.2, 0) is 16.1 Å². The number of benzene rings is 2. The van der Waals surface area contributed by atoms with Crippen molar-refractivity contribution in [3.05, 3.63) is 83.6 Å². The van der Waals surface area contributed by atoms with Crippen LogP contribution in [0.15, 0.2) is 72.3 Å². The number of hydrogen-bond acceptors (Lipinski definition) is 5. The summed E-state index contributed by atoms with van der Waals surface area (Å²) in [7, 11) is 1.39. The van der Waals surface area contributed by atoms with Gasteiger partial charge in [0.05, 0.1) is 25.1 Å². The van der Waals surface area contributed by atoms with Crippen LogP contribution >= 0.6 is 11.3 Å². The van der Waals surface area contributed by atoms with Crippen molar-refractivity contribution < 1.29 is 19.4 Å². The number of ether oxygens (including phenoxy) is 2. The van der Waals surface area contributed by atoms with Gasteiger partial charge in [0.15, 0.2) is 0 Å². The number of aryl methyl sites for hydroxylation is 1. The number of aliphatic carboxylic acids is 1. The van der Waals surface area contributed by atoms with Crippen LogP contribution in [0.5, 0.6) is 5.75 Å². The molecule has 0 spiro atoms. The quantitative estimate of drug-likeness (QED) is 0.483. The van der Waals surface area contributed by atoms with Gasteiger partial charge >= 0.3 is 5.97 Å². The number of carboxylic acid groups (broad SMARTS) is 1. The lowest BCUT2D eigenvalue weighted by atomic mass is 10.2. The Labute approximate surface area is 162 Å². The molecule has 3 aromatic rings. The Kier molecular flexibility index (Phi) is 8.06. The molecule has 6 heteroatoms. The minimum Gasteiger partial charge on any atom is -0.504 e. The second-order valence-electron chi connectivity index (χ2n) is 5.44. The SMILES string of the molecule is COC=CC(=O)O.Cc1ccccc1OCc1csc(-c2ccccc2)n1. The molecule has 0 saturated carbocycles. The lowest BCUT2D eigenvalue weighted by Gasteiger charge is -2.06. The third-order valence-electron chi connectivity index (χ3n) is 3.39. The minimum atomic E-state index is -0.998. The fourth-order valence-electron chi connectivity index (χ4n) is 2.08. The highest BCUT2D eigenvalue weighted by atomic mass is 32.1. The number of rotatable bonds is 6. The number of para-hydroxylation sites is 1. The van der Waals surface area contributed by atoms with Crippen molar-refractivity contribution in [1.29, 1.82) is 0 Å². The van der Waals surface area contributed by atoms with E-state index in [-0.39, 0.29) is 0 Å². The molecule has 0 unspecified atom stereocenters. The molecule has 0 aliphatic heterocycles. The van der Waals surface area contributed by atoms with E-state index in [9.17, 15) is 4.79 Å². The summed E-state index contributed by atoms with van der Waals surface area (Å²) in [6, 6.07) is 18.2. The molecule has 0 amide bonds. The van der Waals surface area contributed by atoms with Crippen molar-refractivity contribution >= 4 is 17.3 Å². The van der Waals surface area contributed by atoms with Gasteiger partial charge in [-0.15, -0.1) is 11.3 Å². The molecular weight excluding hydrogens is 362 g/mol. The molecule has 0 saturated heterocycles. The number of carbonyl (C=O) groups is 1. The highest BCUT2D eigenvalue weighted by Crippen LogP contribution is 2.24. The minimum absolute atomic E-state index is 0.508. The third-order valence-corrected chi connectivity index (χ3v) is 4.33. The van der Waals surface area contributed by atoms with Gasteiger partial charge in [0.25, 0.3) is 0 Å². The molecule has 1 heterocycles. The average molecular weight is 383 g/mol. The van der Waals surface area contributed by atoms with Crippen molar-refractivity contribution in [1.82, 2.24) is 4.98 Å². The monoisotopic (exact) mass is 383 g/mol. The average Bonchev–Trinajstić information content (AvgIpc) is 3.16. The largest absolute Gasteiger partial charge is 0.504 e. The summed E-state index contributed by atoms with van der Waals surface area (Å²) >= 11 is 1.65. The van der Waals surface area contributed by atoms with Gasteiger partial charge < -0.3 is 14.6 Å². The van der Waals surface area contributed by atoms with Gasteiger partial charge in [0.2, 0.25) is 0 Å². The highest BCUT2D eigenvalue weighted by molar-refractivity contribution is 7.13. The summed E-state index contributed by atoms with van der Waals surface area (Å²) in [6.07, 6.45) is 2.02. The van der Waals surface area contributed by atoms with E-state index in [0.717, 1.165) is 39.9 Å². The van der Waals surface area contributed by atoms with Gasteiger partial charge in [-0.1, -0.05) is 48.5 Å². The fourth-order valence-corrected chi connectivity index (χ4v) is 2.89. The first kappa shape index (κ1) is 20.2. The maximum absolute atomic E-state index is 9.59. The van der Waals surface area contributed by atoms with Crippen molar-refractivity contribution in [2.24, 2.45) is 0 Å². The topological polar surface area (TPSA) is 68.7 Å². The fraction of sp³-hybridized carbons (Fsp3) is 0.143. The molecule has 3 rings (SSSR count). The standard InChI is InChI=1S/C17H15NOS.C4H6O3/c1-13-7-5-6-10-16(13)19-11-15-12-20-17(18-15)14-8-3-2-4-9-14;1-7-3-2-4(5)6/h2-10,12H,11H2,1H3;2-3H,1H3,(H,5,6). The normalized spacial score (nSPS) is 10.1. The van der Waals surface area contributed by atoms with E-state index in [1.54, 1.807) is 11.3 Å². The smallest absolute Gasteiger partial charge is 0.331 e. The second-order valence-corrected chi connectivity index (χ2v) is 6.30. The second kappa shape index (κ2) is 10.8. The highest BCUT2D eigenvalue weighted by Gasteiger charge is 2.05. The van der Waals surface area contributed by atoms with Crippen molar-refractivity contribution in [2.75, 3.05) is 7.11 Å². The van der Waals surface area contributed by atoms with E-state index in [4.69, 9.17) is 9.84 Å². The Morgan fingerprint density at radius 1 is 1.15 bits per heavy atom. The predicted molar refractivity (Wildman–Crippen MR) is 107 cm³/mol. The van der Waals surface area contributed by atoms with E-state index in [1.807, 2.05) is 49.4 Å². The van der Waals surface area contributed by atoms with E-state index < -0.39 is 5.97 Å². The van der Waals surface area contributed by atoms with Crippen LogP contribution in [0.3, 0.4) is 0 Å². The molecule has 1 N–H and O–H groups in total. The molecule has 2 aromatic carbocycles. The van der Waals surface area contributed by atoms with Gasteiger partial charge in [-0.25, -0.2) is 9.78 Å². The molecule has 5 nitrogen and oxygen atoms in total. The van der Waals surface area contributed by atoms with Gasteiger partial charge in [-0.2, -0.15) is 0 Å². The van der Waals surface area contributed by atoms with E-state index in [2.05, 4.69) is 27.2 Å².